The summed E-state index contributed by atoms with van der Waals surface area (Å²) in [5.74, 6) is -0.500. The number of anilines is 3. The molecular formula is C29H28F2N8O2S. The predicted octanol–water partition coefficient (Wildman–Crippen LogP) is 4.17. The Bertz CT molecular complexity index is 1710. The first-order valence-electron chi connectivity index (χ1n) is 13.9. The predicted molar refractivity (Wildman–Crippen MR) is 154 cm³/mol. The highest BCUT2D eigenvalue weighted by molar-refractivity contribution is 7.16. The van der Waals surface area contributed by atoms with Gasteiger partial charge in [0.05, 0.1) is 48.0 Å². The first-order valence-corrected chi connectivity index (χ1v) is 14.7. The maximum Gasteiger partial charge on any atom is 0.320 e. The highest BCUT2D eigenvalue weighted by Crippen LogP contribution is 2.48. The number of carbonyl (C=O) groups excluding carboxylic acids is 1. The van der Waals surface area contributed by atoms with Crippen LogP contribution in [0.1, 0.15) is 29.3 Å². The van der Waals surface area contributed by atoms with E-state index >= 15 is 4.39 Å². The number of aromatic nitrogens is 3. The lowest BCUT2D eigenvalue weighted by Gasteiger charge is -2.42. The molecule has 2 saturated heterocycles. The van der Waals surface area contributed by atoms with Crippen molar-refractivity contribution < 1.29 is 18.7 Å². The van der Waals surface area contributed by atoms with Crippen LogP contribution in [0.25, 0.3) is 16.8 Å². The molecule has 2 aliphatic heterocycles. The Hall–Kier alpha value is -4.28. The van der Waals surface area contributed by atoms with Gasteiger partial charge in [-0.3, -0.25) is 0 Å². The summed E-state index contributed by atoms with van der Waals surface area (Å²) >= 11 is 1.24. The molecule has 1 aliphatic carbocycles. The molecule has 13 heteroatoms. The second-order valence-electron chi connectivity index (χ2n) is 11.0. The van der Waals surface area contributed by atoms with E-state index in [4.69, 9.17) is 10.1 Å². The number of hydrogen-bond acceptors (Lipinski definition) is 8. The molecule has 1 aromatic carbocycles. The molecule has 7 rings (SSSR count). The molecule has 10 nitrogen and oxygen atoms in total. The molecule has 1 saturated carbocycles. The van der Waals surface area contributed by atoms with Gasteiger partial charge in [0.2, 0.25) is 0 Å². The number of piperazine rings is 1. The van der Waals surface area contributed by atoms with E-state index < -0.39 is 11.9 Å². The summed E-state index contributed by atoms with van der Waals surface area (Å²) < 4.78 is 30.6. The maximum atomic E-state index is 15.5. The van der Waals surface area contributed by atoms with Crippen molar-refractivity contribution in [3.63, 3.8) is 0 Å². The molecule has 42 heavy (non-hydrogen) atoms. The third-order valence-electron chi connectivity index (χ3n) is 8.15. The Kier molecular flexibility index (Phi) is 6.47. The number of carbonyl (C=O) groups is 1. The molecule has 0 bridgehead atoms. The maximum absolute atomic E-state index is 15.5. The van der Waals surface area contributed by atoms with Gasteiger partial charge in [-0.25, -0.2) is 23.1 Å². The smallest absolute Gasteiger partial charge is 0.320 e. The fourth-order valence-corrected chi connectivity index (χ4v) is 6.51. The minimum Gasteiger partial charge on any atom is -0.389 e. The summed E-state index contributed by atoms with van der Waals surface area (Å²) in [7, 11) is 1.87. The Balaban J connectivity index is 1.21. The highest BCUT2D eigenvalue weighted by Gasteiger charge is 2.35. The van der Waals surface area contributed by atoms with Crippen LogP contribution in [0.5, 0.6) is 0 Å². The Morgan fingerprint density at radius 2 is 1.83 bits per heavy atom. The van der Waals surface area contributed by atoms with E-state index in [1.165, 1.54) is 29.7 Å². The third kappa shape index (κ3) is 4.60. The molecule has 0 radical (unpaired) electrons. The van der Waals surface area contributed by atoms with Gasteiger partial charge in [-0.1, -0.05) is 11.3 Å². The van der Waals surface area contributed by atoms with Crippen molar-refractivity contribution in [3.05, 3.63) is 58.7 Å². The number of urea groups is 1. The van der Waals surface area contributed by atoms with Crippen LogP contribution in [0.3, 0.4) is 0 Å². The number of aliphatic hydroxyl groups excluding tert-OH is 1. The normalized spacial score (nSPS) is 17.5. The van der Waals surface area contributed by atoms with E-state index in [1.807, 2.05) is 22.9 Å². The number of aliphatic hydroxyl groups is 1. The standard InChI is InChI=1S/C29H28F2N8O2S/c1-35(28-33-25(24(13-32)42-28)17-4-6-19(30)7-5-17)27-23-12-22(21(31)16-39(23)34-26(27)18-2-3-18)36-8-10-37(11-9-36)29(41)38-14-20(40)15-38/h4-7,12,16,18,20,40H,2-3,8-11,14-15H2,1H3. The zero-order valence-corrected chi connectivity index (χ0v) is 23.7. The molecule has 3 aromatic heterocycles. The monoisotopic (exact) mass is 590 g/mol. The molecule has 5 heterocycles. The lowest BCUT2D eigenvalue weighted by atomic mass is 10.1. The van der Waals surface area contributed by atoms with Gasteiger partial charge in [-0.2, -0.15) is 10.4 Å². The lowest BCUT2D eigenvalue weighted by Crippen LogP contribution is -2.60. The topological polar surface area (TPSA) is 104 Å². The number of thiazole rings is 1. The van der Waals surface area contributed by atoms with Gasteiger partial charge in [0, 0.05) is 44.7 Å². The second kappa shape index (κ2) is 10.2. The van der Waals surface area contributed by atoms with Crippen LogP contribution in [0, 0.1) is 23.0 Å². The van der Waals surface area contributed by atoms with Crippen molar-refractivity contribution in [1.29, 1.82) is 5.26 Å². The first-order chi connectivity index (χ1) is 20.3. The number of fused-ring (bicyclic) bond motifs is 1. The molecule has 0 atom stereocenters. The van der Waals surface area contributed by atoms with Crippen molar-refractivity contribution >= 4 is 39.4 Å². The van der Waals surface area contributed by atoms with E-state index in [2.05, 4.69) is 6.07 Å². The number of β-amino-alcohol motifs (C(OH)–C–C–N with tert-alkyl or cyclic N) is 1. The average molecular weight is 591 g/mol. The van der Waals surface area contributed by atoms with Crippen LogP contribution in [0.15, 0.2) is 36.5 Å². The summed E-state index contributed by atoms with van der Waals surface area (Å²) in [6.07, 6.45) is 2.93. The van der Waals surface area contributed by atoms with Gasteiger partial charge in [0.1, 0.15) is 22.5 Å². The number of nitrogens with zero attached hydrogens (tertiary/aromatic N) is 8. The van der Waals surface area contributed by atoms with Crippen LogP contribution in [-0.2, 0) is 0 Å². The minimum atomic E-state index is -0.454. The number of likely N-dealkylation sites (tertiary alicyclic amines) is 1. The number of pyridine rings is 1. The van der Waals surface area contributed by atoms with E-state index in [1.54, 1.807) is 26.4 Å². The molecule has 0 spiro atoms. The largest absolute Gasteiger partial charge is 0.389 e. The van der Waals surface area contributed by atoms with Crippen LogP contribution >= 0.6 is 11.3 Å². The van der Waals surface area contributed by atoms with Crippen molar-refractivity contribution in [2.75, 3.05) is 56.1 Å². The number of benzene rings is 1. The number of halogens is 2. The summed E-state index contributed by atoms with van der Waals surface area (Å²) in [4.78, 5) is 25.1. The van der Waals surface area contributed by atoms with Crippen LogP contribution < -0.4 is 9.80 Å². The highest BCUT2D eigenvalue weighted by atomic mass is 32.1. The molecule has 4 aromatic rings. The van der Waals surface area contributed by atoms with Gasteiger partial charge in [-0.05, 0) is 43.2 Å². The molecule has 2 amide bonds. The van der Waals surface area contributed by atoms with E-state index in [9.17, 15) is 19.6 Å². The molecule has 3 fully saturated rings. The van der Waals surface area contributed by atoms with Gasteiger partial charge in [-0.15, -0.1) is 0 Å². The lowest BCUT2D eigenvalue weighted by molar-refractivity contribution is 0.0145. The first kappa shape index (κ1) is 26.6. The molecule has 1 N–H and O–H groups in total. The fraction of sp³-hybridized carbons (Fsp3) is 0.379. The number of hydrogen-bond donors (Lipinski definition) is 1. The Morgan fingerprint density at radius 1 is 1.12 bits per heavy atom. The van der Waals surface area contributed by atoms with Crippen LogP contribution in [-0.4, -0.2) is 88.0 Å². The summed E-state index contributed by atoms with van der Waals surface area (Å²) in [5.41, 5.74) is 3.97. The molecule has 0 unspecified atom stereocenters. The van der Waals surface area contributed by atoms with E-state index in [0.717, 1.165) is 29.7 Å². The van der Waals surface area contributed by atoms with Gasteiger partial charge >= 0.3 is 6.03 Å². The zero-order valence-electron chi connectivity index (χ0n) is 22.9. The van der Waals surface area contributed by atoms with Crippen molar-refractivity contribution in [2.45, 2.75) is 24.9 Å². The van der Waals surface area contributed by atoms with Crippen LogP contribution in [0.4, 0.5) is 30.1 Å². The van der Waals surface area contributed by atoms with Gasteiger partial charge < -0.3 is 24.7 Å². The average Bonchev–Trinajstić information content (AvgIpc) is 3.63. The number of nitriles is 1. The third-order valence-corrected chi connectivity index (χ3v) is 9.18. The SMILES string of the molecule is CN(c1nc(-c2ccc(F)cc2)c(C#N)s1)c1c(C2CC2)nn2cc(F)c(N3CCN(C(=O)N4CC(O)C4)CC3)cc12. The minimum absolute atomic E-state index is 0.0927. The zero-order chi connectivity index (χ0) is 29.1. The fourth-order valence-electron chi connectivity index (χ4n) is 5.66. The Labute approximate surface area is 244 Å². The van der Waals surface area contributed by atoms with E-state index in [-0.39, 0.29) is 17.8 Å². The number of amides is 2. The second-order valence-corrected chi connectivity index (χ2v) is 12.0. The van der Waals surface area contributed by atoms with Crippen molar-refractivity contribution in [2.24, 2.45) is 0 Å². The molecule has 3 aliphatic rings. The van der Waals surface area contributed by atoms with Crippen molar-refractivity contribution in [3.8, 4) is 17.3 Å². The Morgan fingerprint density at radius 3 is 2.48 bits per heavy atom. The van der Waals surface area contributed by atoms with E-state index in [0.29, 0.717) is 66.2 Å². The summed E-state index contributed by atoms with van der Waals surface area (Å²) in [6.45, 7) is 2.57. The number of rotatable bonds is 5. The molecular weight excluding hydrogens is 562 g/mol. The van der Waals surface area contributed by atoms with Crippen LogP contribution in [0.2, 0.25) is 0 Å². The van der Waals surface area contributed by atoms with Crippen molar-refractivity contribution in [1.82, 2.24) is 24.4 Å². The van der Waals surface area contributed by atoms with Gasteiger partial charge in [0.25, 0.3) is 0 Å². The molecule has 216 valence electrons. The summed E-state index contributed by atoms with van der Waals surface area (Å²) in [5, 5.41) is 24.7. The van der Waals surface area contributed by atoms with Gasteiger partial charge in [0.15, 0.2) is 10.9 Å². The summed E-state index contributed by atoms with van der Waals surface area (Å²) in [6, 6.07) is 9.84. The quantitative estimate of drug-likeness (QED) is 0.372.